The minimum atomic E-state index is -3.97. The number of rotatable bonds is 8. The summed E-state index contributed by atoms with van der Waals surface area (Å²) < 4.78 is 55.6. The zero-order valence-corrected chi connectivity index (χ0v) is 19.5. The van der Waals surface area contributed by atoms with Crippen molar-refractivity contribution in [2.75, 3.05) is 31.1 Å². The van der Waals surface area contributed by atoms with E-state index in [1.165, 1.54) is 32.4 Å². The van der Waals surface area contributed by atoms with Gasteiger partial charge in [-0.1, -0.05) is 17.2 Å². The molecule has 180 valence electrons. The van der Waals surface area contributed by atoms with E-state index >= 15 is 0 Å². The lowest BCUT2D eigenvalue weighted by atomic mass is 10.2. The van der Waals surface area contributed by atoms with Crippen LogP contribution < -0.4 is 29.0 Å². The standard InChI is InChI=1S/C23H20N4O7S/c1-30-18-10-8-15(12-20(18)31-2)35(28,29)27-17-6-4-3-5-16(17)22-25-26-23(34-22)24-14-7-9-19-21(11-14)33-13-32-19/h3-12,27H,13H2,1-2H3,(H,24,26). The van der Waals surface area contributed by atoms with Gasteiger partial charge in [-0.05, 0) is 36.4 Å². The monoisotopic (exact) mass is 496 g/mol. The molecule has 0 saturated heterocycles. The van der Waals surface area contributed by atoms with Crippen LogP contribution in [0.2, 0.25) is 0 Å². The molecule has 35 heavy (non-hydrogen) atoms. The maximum absolute atomic E-state index is 13.1. The van der Waals surface area contributed by atoms with Gasteiger partial charge in [0.2, 0.25) is 6.79 Å². The maximum Gasteiger partial charge on any atom is 0.320 e. The van der Waals surface area contributed by atoms with Crippen molar-refractivity contribution >= 4 is 27.4 Å². The van der Waals surface area contributed by atoms with Gasteiger partial charge in [-0.2, -0.15) is 0 Å². The van der Waals surface area contributed by atoms with Crippen LogP contribution in [0.4, 0.5) is 17.4 Å². The number of ether oxygens (including phenoxy) is 4. The second kappa shape index (κ2) is 9.06. The molecule has 1 aliphatic rings. The normalized spacial score (nSPS) is 12.3. The minimum Gasteiger partial charge on any atom is -0.493 e. The number of hydrogen-bond donors (Lipinski definition) is 2. The minimum absolute atomic E-state index is 0.000598. The van der Waals surface area contributed by atoms with Crippen LogP contribution in [-0.4, -0.2) is 39.6 Å². The first-order valence-corrected chi connectivity index (χ1v) is 11.8. The van der Waals surface area contributed by atoms with Crippen LogP contribution in [0, 0.1) is 0 Å². The van der Waals surface area contributed by atoms with Crippen LogP contribution in [0.1, 0.15) is 0 Å². The van der Waals surface area contributed by atoms with E-state index in [1.807, 2.05) is 0 Å². The van der Waals surface area contributed by atoms with E-state index in [9.17, 15) is 8.42 Å². The average Bonchev–Trinajstić information content (AvgIpc) is 3.53. The van der Waals surface area contributed by atoms with Gasteiger partial charge in [0.1, 0.15) is 0 Å². The Morgan fingerprint density at radius 3 is 2.51 bits per heavy atom. The lowest BCUT2D eigenvalue weighted by Crippen LogP contribution is -2.14. The lowest BCUT2D eigenvalue weighted by molar-refractivity contribution is 0.174. The second-order valence-electron chi connectivity index (χ2n) is 7.27. The highest BCUT2D eigenvalue weighted by Crippen LogP contribution is 2.36. The first-order chi connectivity index (χ1) is 17.0. The van der Waals surface area contributed by atoms with Crippen LogP contribution in [0.3, 0.4) is 0 Å². The number of benzene rings is 3. The number of methoxy groups -OCH3 is 2. The van der Waals surface area contributed by atoms with E-state index in [4.69, 9.17) is 23.4 Å². The molecule has 0 unspecified atom stereocenters. The van der Waals surface area contributed by atoms with E-state index in [2.05, 4.69) is 20.2 Å². The van der Waals surface area contributed by atoms with Gasteiger partial charge in [-0.3, -0.25) is 4.72 Å². The van der Waals surface area contributed by atoms with Crippen LogP contribution in [0.15, 0.2) is 70.0 Å². The molecular weight excluding hydrogens is 476 g/mol. The highest BCUT2D eigenvalue weighted by molar-refractivity contribution is 7.92. The molecule has 0 atom stereocenters. The molecular formula is C23H20N4O7S. The Morgan fingerprint density at radius 1 is 0.886 bits per heavy atom. The predicted molar refractivity (Wildman–Crippen MR) is 126 cm³/mol. The van der Waals surface area contributed by atoms with Gasteiger partial charge >= 0.3 is 6.01 Å². The summed E-state index contributed by atoms with van der Waals surface area (Å²) in [5, 5.41) is 11.1. The van der Waals surface area contributed by atoms with Crippen molar-refractivity contribution in [2.45, 2.75) is 4.90 Å². The van der Waals surface area contributed by atoms with Crippen LogP contribution in [-0.2, 0) is 10.0 Å². The number of anilines is 3. The lowest BCUT2D eigenvalue weighted by Gasteiger charge is -2.13. The van der Waals surface area contributed by atoms with Crippen molar-refractivity contribution in [3.8, 4) is 34.5 Å². The molecule has 4 aromatic rings. The first kappa shape index (κ1) is 22.3. The predicted octanol–water partition coefficient (Wildman–Crippen LogP) is 4.03. The van der Waals surface area contributed by atoms with Crippen molar-refractivity contribution in [1.29, 1.82) is 0 Å². The fourth-order valence-electron chi connectivity index (χ4n) is 3.43. The van der Waals surface area contributed by atoms with Gasteiger partial charge in [0.05, 0.1) is 30.4 Å². The fraction of sp³-hybridized carbons (Fsp3) is 0.130. The Morgan fingerprint density at radius 2 is 1.69 bits per heavy atom. The van der Waals surface area contributed by atoms with Crippen molar-refractivity contribution in [2.24, 2.45) is 0 Å². The van der Waals surface area contributed by atoms with Gasteiger partial charge in [0.15, 0.2) is 23.0 Å². The molecule has 0 spiro atoms. The summed E-state index contributed by atoms with van der Waals surface area (Å²) in [6.45, 7) is 0.166. The van der Waals surface area contributed by atoms with Gasteiger partial charge in [0, 0.05) is 17.8 Å². The van der Waals surface area contributed by atoms with Crippen LogP contribution in [0.25, 0.3) is 11.5 Å². The number of fused-ring (bicyclic) bond motifs is 1. The van der Waals surface area contributed by atoms with Crippen LogP contribution >= 0.6 is 0 Å². The summed E-state index contributed by atoms with van der Waals surface area (Å²) in [7, 11) is -1.06. The summed E-state index contributed by atoms with van der Waals surface area (Å²) in [6.07, 6.45) is 0. The molecule has 12 heteroatoms. The summed E-state index contributed by atoms with van der Waals surface area (Å²) in [5.41, 5.74) is 1.33. The molecule has 0 saturated carbocycles. The van der Waals surface area contributed by atoms with E-state index in [1.54, 1.807) is 42.5 Å². The SMILES string of the molecule is COc1ccc(S(=O)(=O)Nc2ccccc2-c2nnc(Nc3ccc4c(c3)OCO4)o2)cc1OC. The Balaban J connectivity index is 1.39. The van der Waals surface area contributed by atoms with Crippen molar-refractivity contribution in [3.63, 3.8) is 0 Å². The van der Waals surface area contributed by atoms with Gasteiger partial charge in [-0.25, -0.2) is 8.42 Å². The Kier molecular flexibility index (Phi) is 5.79. The summed E-state index contributed by atoms with van der Waals surface area (Å²) >= 11 is 0. The topological polar surface area (TPSA) is 134 Å². The average molecular weight is 497 g/mol. The molecule has 5 rings (SSSR count). The quantitative estimate of drug-likeness (QED) is 0.368. The Bertz CT molecular complexity index is 1490. The second-order valence-corrected chi connectivity index (χ2v) is 8.96. The number of sulfonamides is 1. The zero-order valence-electron chi connectivity index (χ0n) is 18.6. The van der Waals surface area contributed by atoms with E-state index in [0.717, 1.165) is 0 Å². The van der Waals surface area contributed by atoms with E-state index < -0.39 is 10.0 Å². The molecule has 1 aromatic heterocycles. The number of nitrogens with one attached hydrogen (secondary N) is 2. The molecule has 2 heterocycles. The smallest absolute Gasteiger partial charge is 0.320 e. The highest BCUT2D eigenvalue weighted by atomic mass is 32.2. The van der Waals surface area contributed by atoms with Gasteiger partial charge in [-0.15, -0.1) is 5.10 Å². The summed E-state index contributed by atoms with van der Waals surface area (Å²) in [5.74, 6) is 2.08. The molecule has 0 amide bonds. The number of nitrogens with zero attached hydrogens (tertiary/aromatic N) is 2. The summed E-state index contributed by atoms with van der Waals surface area (Å²) in [4.78, 5) is 0.000598. The Labute approximate surface area is 200 Å². The third kappa shape index (κ3) is 4.51. The van der Waals surface area contributed by atoms with Gasteiger partial charge in [0.25, 0.3) is 15.9 Å². The van der Waals surface area contributed by atoms with Crippen molar-refractivity contribution < 1.29 is 31.8 Å². The van der Waals surface area contributed by atoms with Crippen LogP contribution in [0.5, 0.6) is 23.0 Å². The van der Waals surface area contributed by atoms with Gasteiger partial charge < -0.3 is 28.7 Å². The van der Waals surface area contributed by atoms with E-state index in [0.29, 0.717) is 34.2 Å². The largest absolute Gasteiger partial charge is 0.493 e. The molecule has 0 aliphatic carbocycles. The first-order valence-electron chi connectivity index (χ1n) is 10.3. The number of hydrogen-bond acceptors (Lipinski definition) is 10. The number of para-hydroxylation sites is 1. The third-order valence-electron chi connectivity index (χ3n) is 5.12. The summed E-state index contributed by atoms with van der Waals surface area (Å²) in [6, 6.07) is 16.4. The molecule has 0 bridgehead atoms. The van der Waals surface area contributed by atoms with E-state index in [-0.39, 0.29) is 29.3 Å². The van der Waals surface area contributed by atoms with Crippen molar-refractivity contribution in [3.05, 3.63) is 60.7 Å². The maximum atomic E-state index is 13.1. The zero-order chi connectivity index (χ0) is 24.4. The van der Waals surface area contributed by atoms with Crippen molar-refractivity contribution in [1.82, 2.24) is 10.2 Å². The molecule has 0 radical (unpaired) electrons. The molecule has 1 aliphatic heterocycles. The fourth-order valence-corrected chi connectivity index (χ4v) is 4.52. The molecule has 0 fully saturated rings. The molecule has 11 nitrogen and oxygen atoms in total. The molecule has 2 N–H and O–H groups in total. The highest BCUT2D eigenvalue weighted by Gasteiger charge is 2.21. The molecule has 3 aromatic carbocycles. The Hall–Kier alpha value is -4.45. The number of aromatic nitrogens is 2. The third-order valence-corrected chi connectivity index (χ3v) is 6.48.